The fourth-order valence-corrected chi connectivity index (χ4v) is 2.21. The number of carbonyl (C=O) groups excluding carboxylic acids is 1. The van der Waals surface area contributed by atoms with Crippen LogP contribution in [-0.2, 0) is 14.4 Å². The van der Waals surface area contributed by atoms with Crippen LogP contribution in [0.15, 0.2) is 0 Å². The number of nitrogens with one attached hydrogen (secondary N) is 1. The van der Waals surface area contributed by atoms with Gasteiger partial charge in [-0.2, -0.15) is 0 Å². The predicted molar refractivity (Wildman–Crippen MR) is 66.7 cm³/mol. The van der Waals surface area contributed by atoms with Crippen LogP contribution in [0, 0.1) is 5.92 Å². The number of piperidine rings is 1. The number of rotatable bonds is 7. The van der Waals surface area contributed by atoms with Gasteiger partial charge in [-0.3, -0.25) is 14.4 Å². The summed E-state index contributed by atoms with van der Waals surface area (Å²) in [7, 11) is 0. The third-order valence-corrected chi connectivity index (χ3v) is 3.17. The Balaban J connectivity index is 2.41. The monoisotopic (exact) mass is 272 g/mol. The van der Waals surface area contributed by atoms with Crippen molar-refractivity contribution in [3.63, 3.8) is 0 Å². The van der Waals surface area contributed by atoms with Gasteiger partial charge in [-0.1, -0.05) is 0 Å². The van der Waals surface area contributed by atoms with E-state index in [2.05, 4.69) is 5.32 Å². The normalized spacial score (nSPS) is 18.8. The Labute approximate surface area is 111 Å². The zero-order chi connectivity index (χ0) is 14.3. The molecule has 1 unspecified atom stereocenters. The molecule has 1 amide bonds. The standard InChI is InChI=1S/C12H20N2O5/c15-10(4-3-9-2-1-5-13-6-9)14(7-11(16)17)8-12(18)19/h9,13H,1-8H2,(H,16,17)(H,18,19). The molecule has 1 aliphatic heterocycles. The lowest BCUT2D eigenvalue weighted by Crippen LogP contribution is -2.39. The number of aliphatic carboxylic acids is 2. The second kappa shape index (κ2) is 7.73. The van der Waals surface area contributed by atoms with Crippen LogP contribution in [0.25, 0.3) is 0 Å². The molecule has 1 aliphatic rings. The summed E-state index contributed by atoms with van der Waals surface area (Å²) < 4.78 is 0. The van der Waals surface area contributed by atoms with E-state index in [1.807, 2.05) is 0 Å². The van der Waals surface area contributed by atoms with Gasteiger partial charge in [0.1, 0.15) is 13.1 Å². The van der Waals surface area contributed by atoms with Crippen molar-refractivity contribution in [1.82, 2.24) is 10.2 Å². The SMILES string of the molecule is O=C(O)CN(CC(=O)O)C(=O)CCC1CCCNC1. The highest BCUT2D eigenvalue weighted by Crippen LogP contribution is 2.16. The molecule has 1 rings (SSSR count). The van der Waals surface area contributed by atoms with Gasteiger partial charge in [-0.05, 0) is 38.3 Å². The number of carbonyl (C=O) groups is 3. The summed E-state index contributed by atoms with van der Waals surface area (Å²) in [5.41, 5.74) is 0. The fourth-order valence-electron chi connectivity index (χ4n) is 2.21. The topological polar surface area (TPSA) is 107 Å². The van der Waals surface area contributed by atoms with E-state index in [4.69, 9.17) is 10.2 Å². The molecule has 19 heavy (non-hydrogen) atoms. The lowest BCUT2D eigenvalue weighted by Gasteiger charge is -2.24. The average molecular weight is 272 g/mol. The molecule has 7 nitrogen and oxygen atoms in total. The van der Waals surface area contributed by atoms with Crippen LogP contribution in [0.2, 0.25) is 0 Å². The number of nitrogens with zero attached hydrogens (tertiary/aromatic N) is 1. The Morgan fingerprint density at radius 1 is 1.16 bits per heavy atom. The molecule has 1 fully saturated rings. The summed E-state index contributed by atoms with van der Waals surface area (Å²) in [6.07, 6.45) is 3.00. The van der Waals surface area contributed by atoms with Gasteiger partial charge in [0, 0.05) is 6.42 Å². The van der Waals surface area contributed by atoms with Crippen LogP contribution in [-0.4, -0.2) is 59.1 Å². The van der Waals surface area contributed by atoms with Crippen molar-refractivity contribution < 1.29 is 24.6 Å². The van der Waals surface area contributed by atoms with Gasteiger partial charge in [0.25, 0.3) is 0 Å². The molecule has 0 bridgehead atoms. The first-order chi connectivity index (χ1) is 8.99. The first kappa shape index (κ1) is 15.4. The predicted octanol–water partition coefficient (Wildman–Crippen LogP) is -0.236. The molecule has 108 valence electrons. The van der Waals surface area contributed by atoms with Crippen molar-refractivity contribution in [3.05, 3.63) is 0 Å². The maximum Gasteiger partial charge on any atom is 0.323 e. The van der Waals surface area contributed by atoms with Crippen molar-refractivity contribution in [2.75, 3.05) is 26.2 Å². The van der Waals surface area contributed by atoms with E-state index >= 15 is 0 Å². The van der Waals surface area contributed by atoms with E-state index in [9.17, 15) is 14.4 Å². The minimum atomic E-state index is -1.20. The molecular formula is C12H20N2O5. The van der Waals surface area contributed by atoms with Gasteiger partial charge in [0.2, 0.25) is 5.91 Å². The van der Waals surface area contributed by atoms with Crippen LogP contribution in [0.4, 0.5) is 0 Å². The number of hydrogen-bond acceptors (Lipinski definition) is 4. The van der Waals surface area contributed by atoms with Gasteiger partial charge in [-0.25, -0.2) is 0 Å². The summed E-state index contributed by atoms with van der Waals surface area (Å²) in [6, 6.07) is 0. The molecular weight excluding hydrogens is 252 g/mol. The zero-order valence-electron chi connectivity index (χ0n) is 10.8. The summed E-state index contributed by atoms with van der Waals surface area (Å²) in [5.74, 6) is -2.40. The summed E-state index contributed by atoms with van der Waals surface area (Å²) in [5, 5.41) is 20.6. The van der Waals surface area contributed by atoms with Crippen LogP contribution < -0.4 is 5.32 Å². The first-order valence-corrected chi connectivity index (χ1v) is 6.41. The summed E-state index contributed by atoms with van der Waals surface area (Å²) in [6.45, 7) is 0.738. The lowest BCUT2D eigenvalue weighted by atomic mass is 9.94. The minimum absolute atomic E-state index is 0.201. The Kier molecular flexibility index (Phi) is 6.27. The first-order valence-electron chi connectivity index (χ1n) is 6.41. The van der Waals surface area contributed by atoms with Crippen LogP contribution in [0.3, 0.4) is 0 Å². The highest BCUT2D eigenvalue weighted by atomic mass is 16.4. The number of carboxylic acid groups (broad SMARTS) is 2. The highest BCUT2D eigenvalue weighted by molar-refractivity contribution is 5.85. The summed E-state index contributed by atoms with van der Waals surface area (Å²) >= 11 is 0. The van der Waals surface area contributed by atoms with Gasteiger partial charge < -0.3 is 20.4 Å². The Morgan fingerprint density at radius 2 is 1.79 bits per heavy atom. The van der Waals surface area contributed by atoms with E-state index in [0.29, 0.717) is 12.3 Å². The molecule has 0 aliphatic carbocycles. The molecule has 1 atom stereocenters. The molecule has 3 N–H and O–H groups in total. The van der Waals surface area contributed by atoms with Crippen molar-refractivity contribution in [3.8, 4) is 0 Å². The van der Waals surface area contributed by atoms with Gasteiger partial charge in [0.05, 0.1) is 0 Å². The fraction of sp³-hybridized carbons (Fsp3) is 0.750. The number of hydrogen-bond donors (Lipinski definition) is 3. The van der Waals surface area contributed by atoms with Gasteiger partial charge in [-0.15, -0.1) is 0 Å². The zero-order valence-corrected chi connectivity index (χ0v) is 10.8. The largest absolute Gasteiger partial charge is 0.480 e. The molecule has 0 aromatic heterocycles. The maximum atomic E-state index is 11.8. The second-order valence-corrected chi connectivity index (χ2v) is 4.79. The Bertz CT molecular complexity index is 323. The number of amides is 1. The third kappa shape index (κ3) is 6.19. The van der Waals surface area contributed by atoms with Crippen LogP contribution >= 0.6 is 0 Å². The van der Waals surface area contributed by atoms with Gasteiger partial charge in [0.15, 0.2) is 0 Å². The van der Waals surface area contributed by atoms with Crippen molar-refractivity contribution in [1.29, 1.82) is 0 Å². The smallest absolute Gasteiger partial charge is 0.323 e. The molecule has 0 aromatic rings. The number of carboxylic acids is 2. The van der Waals surface area contributed by atoms with Crippen LogP contribution in [0.5, 0.6) is 0 Å². The quantitative estimate of drug-likeness (QED) is 0.590. The molecule has 1 saturated heterocycles. The lowest BCUT2D eigenvalue weighted by molar-refractivity contribution is -0.149. The second-order valence-electron chi connectivity index (χ2n) is 4.79. The van der Waals surface area contributed by atoms with Crippen LogP contribution in [0.1, 0.15) is 25.7 Å². The third-order valence-electron chi connectivity index (χ3n) is 3.17. The van der Waals surface area contributed by atoms with E-state index < -0.39 is 30.9 Å². The molecule has 0 spiro atoms. The molecule has 0 radical (unpaired) electrons. The van der Waals surface area contributed by atoms with Crippen molar-refractivity contribution in [2.45, 2.75) is 25.7 Å². The van der Waals surface area contributed by atoms with Crippen molar-refractivity contribution >= 4 is 17.8 Å². The Hall–Kier alpha value is -1.63. The average Bonchev–Trinajstić information content (AvgIpc) is 2.35. The highest BCUT2D eigenvalue weighted by Gasteiger charge is 2.21. The van der Waals surface area contributed by atoms with E-state index in [-0.39, 0.29) is 6.42 Å². The molecule has 0 aromatic carbocycles. The Morgan fingerprint density at radius 3 is 2.26 bits per heavy atom. The molecule has 1 heterocycles. The molecule has 7 heteroatoms. The maximum absolute atomic E-state index is 11.8. The minimum Gasteiger partial charge on any atom is -0.480 e. The summed E-state index contributed by atoms with van der Waals surface area (Å²) in [4.78, 5) is 33.9. The van der Waals surface area contributed by atoms with E-state index in [1.54, 1.807) is 0 Å². The van der Waals surface area contributed by atoms with Gasteiger partial charge >= 0.3 is 11.9 Å². The molecule has 0 saturated carbocycles. The van der Waals surface area contributed by atoms with E-state index in [0.717, 1.165) is 30.8 Å². The van der Waals surface area contributed by atoms with Crippen molar-refractivity contribution in [2.24, 2.45) is 5.92 Å². The van der Waals surface area contributed by atoms with E-state index in [1.165, 1.54) is 0 Å².